The lowest BCUT2D eigenvalue weighted by Crippen LogP contribution is -2.40. The van der Waals surface area contributed by atoms with Crippen molar-refractivity contribution >= 4 is 45.9 Å². The summed E-state index contributed by atoms with van der Waals surface area (Å²) in [6.07, 6.45) is 1.10. The lowest BCUT2D eigenvalue weighted by Gasteiger charge is -2.22. The Labute approximate surface area is 193 Å². The lowest BCUT2D eigenvalue weighted by molar-refractivity contribution is 0.0536. The smallest absolute Gasteiger partial charge is 0.193 e. The molecule has 0 aromatic heterocycles. The van der Waals surface area contributed by atoms with Crippen LogP contribution in [0.25, 0.3) is 0 Å². The first-order chi connectivity index (χ1) is 13.1. The van der Waals surface area contributed by atoms with Crippen LogP contribution in [0.4, 0.5) is 0 Å². The van der Waals surface area contributed by atoms with E-state index < -0.39 is 0 Å². The van der Waals surface area contributed by atoms with Gasteiger partial charge in [-0.1, -0.05) is 15.9 Å². The van der Waals surface area contributed by atoms with E-state index in [9.17, 15) is 0 Å². The van der Waals surface area contributed by atoms with Crippen LogP contribution in [0.15, 0.2) is 21.6 Å². The topological polar surface area (TPSA) is 64.6 Å². The molecule has 1 saturated heterocycles. The van der Waals surface area contributed by atoms with Gasteiger partial charge < -0.3 is 29.2 Å². The molecule has 0 aliphatic carbocycles. The van der Waals surface area contributed by atoms with Gasteiger partial charge in [-0.15, -0.1) is 24.0 Å². The number of methoxy groups -OCH3 is 3. The molecule has 1 unspecified atom stereocenters. The van der Waals surface area contributed by atoms with Crippen LogP contribution in [0.3, 0.4) is 0 Å². The summed E-state index contributed by atoms with van der Waals surface area (Å²) in [7, 11) is 6.77. The van der Waals surface area contributed by atoms with E-state index in [0.717, 1.165) is 42.1 Å². The van der Waals surface area contributed by atoms with Gasteiger partial charge in [-0.25, -0.2) is 0 Å². The number of guanidine groups is 1. The monoisotopic (exact) mass is 571 g/mol. The number of halogens is 2. The Morgan fingerprint density at radius 2 is 1.93 bits per heavy atom. The second-order valence-electron chi connectivity index (χ2n) is 6.37. The Kier molecular flexibility index (Phi) is 12.1. The number of ether oxygens (including phenoxy) is 4. The van der Waals surface area contributed by atoms with E-state index in [2.05, 4.69) is 31.1 Å². The first-order valence-corrected chi connectivity index (χ1v) is 9.84. The zero-order valence-corrected chi connectivity index (χ0v) is 20.9. The number of aliphatic imine (C=N–C) groups is 1. The maximum atomic E-state index is 5.67. The zero-order valence-electron chi connectivity index (χ0n) is 17.0. The van der Waals surface area contributed by atoms with Gasteiger partial charge in [-0.2, -0.15) is 0 Å². The van der Waals surface area contributed by atoms with Gasteiger partial charge in [0.05, 0.1) is 34.0 Å². The molecule has 1 aliphatic rings. The Morgan fingerprint density at radius 3 is 2.57 bits per heavy atom. The van der Waals surface area contributed by atoms with E-state index >= 15 is 0 Å². The number of likely N-dealkylation sites (tertiary alicyclic amines) is 1. The van der Waals surface area contributed by atoms with Crippen LogP contribution in [0.5, 0.6) is 11.5 Å². The van der Waals surface area contributed by atoms with Crippen molar-refractivity contribution in [2.45, 2.75) is 13.0 Å². The van der Waals surface area contributed by atoms with Gasteiger partial charge in [0, 0.05) is 44.2 Å². The minimum Gasteiger partial charge on any atom is -0.493 e. The van der Waals surface area contributed by atoms with E-state index in [-0.39, 0.29) is 24.0 Å². The number of rotatable bonds is 9. The molecule has 28 heavy (non-hydrogen) atoms. The molecule has 160 valence electrons. The van der Waals surface area contributed by atoms with E-state index in [4.69, 9.17) is 18.9 Å². The summed E-state index contributed by atoms with van der Waals surface area (Å²) in [6.45, 7) is 4.61. The Balaban J connectivity index is 0.00000392. The van der Waals surface area contributed by atoms with Crippen molar-refractivity contribution in [2.75, 3.05) is 61.3 Å². The minimum atomic E-state index is 0. The second kappa shape index (κ2) is 13.4. The first kappa shape index (κ1) is 25.3. The molecule has 0 radical (unpaired) electrons. The summed E-state index contributed by atoms with van der Waals surface area (Å²) in [5, 5.41) is 3.44. The van der Waals surface area contributed by atoms with Crippen molar-refractivity contribution in [2.24, 2.45) is 10.9 Å². The normalized spacial score (nSPS) is 16.7. The molecule has 1 aromatic rings. The van der Waals surface area contributed by atoms with Crippen LogP contribution in [-0.2, 0) is 16.0 Å². The van der Waals surface area contributed by atoms with Crippen molar-refractivity contribution < 1.29 is 18.9 Å². The van der Waals surface area contributed by atoms with Crippen LogP contribution in [0.1, 0.15) is 12.0 Å². The summed E-state index contributed by atoms with van der Waals surface area (Å²) >= 11 is 3.60. The van der Waals surface area contributed by atoms with E-state index in [1.165, 1.54) is 0 Å². The van der Waals surface area contributed by atoms with Gasteiger partial charge in [0.2, 0.25) is 0 Å². The zero-order chi connectivity index (χ0) is 19.6. The number of nitrogens with one attached hydrogen (secondary N) is 1. The summed E-state index contributed by atoms with van der Waals surface area (Å²) in [4.78, 5) is 6.71. The number of benzene rings is 1. The predicted octanol–water partition coefficient (Wildman–Crippen LogP) is 3.14. The molecule has 0 spiro atoms. The standard InChI is InChI=1S/C19H30BrN3O4.HI/c1-21-19(23-6-5-14(12-23)13-27-8-7-24-2)22-11-15-9-17(25-3)18(26-4)10-16(15)20;/h9-10,14H,5-8,11-13H2,1-4H3,(H,21,22);1H. The quantitative estimate of drug-likeness (QED) is 0.213. The Hall–Kier alpha value is -0.780. The second-order valence-corrected chi connectivity index (χ2v) is 7.22. The average molecular weight is 572 g/mol. The van der Waals surface area contributed by atoms with E-state index in [0.29, 0.717) is 37.2 Å². The molecule has 7 nitrogen and oxygen atoms in total. The molecular weight excluding hydrogens is 541 g/mol. The highest BCUT2D eigenvalue weighted by molar-refractivity contribution is 14.0. The molecule has 2 rings (SSSR count). The van der Waals surface area contributed by atoms with Crippen LogP contribution in [0, 0.1) is 5.92 Å². The molecule has 9 heteroatoms. The summed E-state index contributed by atoms with van der Waals surface area (Å²) < 4.78 is 22.4. The van der Waals surface area contributed by atoms with Crippen molar-refractivity contribution in [1.82, 2.24) is 10.2 Å². The molecule has 1 aliphatic heterocycles. The third-order valence-corrected chi connectivity index (χ3v) is 5.31. The van der Waals surface area contributed by atoms with Gasteiger partial charge in [0.15, 0.2) is 17.5 Å². The molecule has 1 aromatic carbocycles. The molecule has 1 N–H and O–H groups in total. The third-order valence-electron chi connectivity index (χ3n) is 4.57. The van der Waals surface area contributed by atoms with Crippen LogP contribution < -0.4 is 14.8 Å². The fourth-order valence-corrected chi connectivity index (χ4v) is 3.55. The Morgan fingerprint density at radius 1 is 1.21 bits per heavy atom. The van der Waals surface area contributed by atoms with Gasteiger partial charge in [-0.05, 0) is 24.1 Å². The maximum Gasteiger partial charge on any atom is 0.193 e. The van der Waals surface area contributed by atoms with E-state index in [1.54, 1.807) is 21.3 Å². The van der Waals surface area contributed by atoms with Crippen LogP contribution in [0.2, 0.25) is 0 Å². The molecule has 1 fully saturated rings. The maximum absolute atomic E-state index is 5.67. The van der Waals surface area contributed by atoms with Crippen molar-refractivity contribution in [1.29, 1.82) is 0 Å². The van der Waals surface area contributed by atoms with Gasteiger partial charge in [-0.3, -0.25) is 4.99 Å². The predicted molar refractivity (Wildman–Crippen MR) is 125 cm³/mol. The molecule has 0 bridgehead atoms. The fraction of sp³-hybridized carbons (Fsp3) is 0.632. The van der Waals surface area contributed by atoms with Gasteiger partial charge in [0.1, 0.15) is 0 Å². The molecule has 1 heterocycles. The number of hydrogen-bond acceptors (Lipinski definition) is 5. The summed E-state index contributed by atoms with van der Waals surface area (Å²) in [6, 6.07) is 3.89. The van der Waals surface area contributed by atoms with E-state index in [1.807, 2.05) is 19.2 Å². The SMILES string of the molecule is CN=C(NCc1cc(OC)c(OC)cc1Br)N1CCC(COCCOC)C1.I. The molecule has 0 amide bonds. The van der Waals surface area contributed by atoms with Gasteiger partial charge >= 0.3 is 0 Å². The number of nitrogens with zero attached hydrogens (tertiary/aromatic N) is 2. The van der Waals surface area contributed by atoms with Crippen molar-refractivity contribution in [3.8, 4) is 11.5 Å². The van der Waals surface area contributed by atoms with Crippen LogP contribution in [-0.4, -0.2) is 72.1 Å². The van der Waals surface area contributed by atoms with Crippen molar-refractivity contribution in [3.05, 3.63) is 22.2 Å². The third kappa shape index (κ3) is 7.23. The fourth-order valence-electron chi connectivity index (χ4n) is 3.09. The number of hydrogen-bond donors (Lipinski definition) is 1. The Bertz CT molecular complexity index is 633. The first-order valence-electron chi connectivity index (χ1n) is 9.05. The molecule has 0 saturated carbocycles. The highest BCUT2D eigenvalue weighted by atomic mass is 127. The largest absolute Gasteiger partial charge is 0.493 e. The lowest BCUT2D eigenvalue weighted by atomic mass is 10.1. The summed E-state index contributed by atoms with van der Waals surface area (Å²) in [5.74, 6) is 2.83. The summed E-state index contributed by atoms with van der Waals surface area (Å²) in [5.41, 5.74) is 1.08. The highest BCUT2D eigenvalue weighted by Gasteiger charge is 2.25. The minimum absolute atomic E-state index is 0. The molecule has 1 atom stereocenters. The average Bonchev–Trinajstić information content (AvgIpc) is 3.15. The highest BCUT2D eigenvalue weighted by Crippen LogP contribution is 2.33. The van der Waals surface area contributed by atoms with Crippen molar-refractivity contribution in [3.63, 3.8) is 0 Å². The molecular formula is C19H31BrIN3O4. The van der Waals surface area contributed by atoms with Crippen LogP contribution >= 0.6 is 39.9 Å². The van der Waals surface area contributed by atoms with Gasteiger partial charge in [0.25, 0.3) is 0 Å².